The van der Waals surface area contributed by atoms with Gasteiger partial charge in [-0.1, -0.05) is 13.8 Å². The Kier molecular flexibility index (Phi) is 4.96. The average molecular weight is 204 g/mol. The summed E-state index contributed by atoms with van der Waals surface area (Å²) in [6.45, 7) is 3.51. The molecule has 0 heterocycles. The molecule has 0 spiro atoms. The predicted octanol–water partition coefficient (Wildman–Crippen LogP) is 0.441. The molecule has 0 rings (SSSR count). The van der Waals surface area contributed by atoms with Crippen LogP contribution in [0.3, 0.4) is 0 Å². The highest BCUT2D eigenvalue weighted by atomic mass is 32.2. The number of rotatable bonds is 5. The lowest BCUT2D eigenvalue weighted by Gasteiger charge is -2.12. The summed E-state index contributed by atoms with van der Waals surface area (Å²) in [6, 6.07) is 1.42. The summed E-state index contributed by atoms with van der Waals surface area (Å²) in [4.78, 5) is 0. The Bertz CT molecular complexity index is 279. The molecule has 0 fully saturated rings. The maximum Gasteiger partial charge on any atom is 0.167 e. The Morgan fingerprint density at radius 3 is 2.23 bits per heavy atom. The minimum absolute atomic E-state index is 0.0877. The molecule has 0 amide bonds. The highest BCUT2D eigenvalue weighted by molar-refractivity contribution is 7.92. The van der Waals surface area contributed by atoms with Crippen molar-refractivity contribution in [1.29, 1.82) is 5.26 Å². The Balaban J connectivity index is 4.50. The number of hydrogen-bond donors (Lipinski definition) is 1. The van der Waals surface area contributed by atoms with Gasteiger partial charge < -0.3 is 5.73 Å². The van der Waals surface area contributed by atoms with Gasteiger partial charge >= 0.3 is 0 Å². The molecule has 0 aliphatic carbocycles. The second-order valence-electron chi connectivity index (χ2n) is 3.02. The highest BCUT2D eigenvalue weighted by Crippen LogP contribution is 2.07. The van der Waals surface area contributed by atoms with E-state index in [1.165, 1.54) is 0 Å². The van der Waals surface area contributed by atoms with Gasteiger partial charge in [-0.25, -0.2) is 8.42 Å². The van der Waals surface area contributed by atoms with Crippen LogP contribution in [0.25, 0.3) is 0 Å². The average Bonchev–Trinajstić information content (AvgIpc) is 2.05. The Labute approximate surface area is 79.7 Å². The van der Waals surface area contributed by atoms with E-state index < -0.39 is 15.1 Å². The molecular weight excluding hydrogens is 188 g/mol. The Hall–Kier alpha value is -0.600. The maximum atomic E-state index is 11.5. The summed E-state index contributed by atoms with van der Waals surface area (Å²) in [6.07, 6.45) is 0.941. The number of hydrogen-bond acceptors (Lipinski definition) is 4. The lowest BCUT2D eigenvalue weighted by atomic mass is 10.3. The third-order valence-corrected chi connectivity index (χ3v) is 4.12. The quantitative estimate of drug-likeness (QED) is 0.704. The van der Waals surface area contributed by atoms with Gasteiger partial charge in [0.1, 0.15) is 5.25 Å². The van der Waals surface area contributed by atoms with Crippen LogP contribution in [0.15, 0.2) is 0 Å². The molecule has 0 saturated heterocycles. The molecule has 5 heteroatoms. The van der Waals surface area contributed by atoms with Gasteiger partial charge in [-0.15, -0.1) is 0 Å². The zero-order valence-electron chi connectivity index (χ0n) is 8.03. The van der Waals surface area contributed by atoms with Crippen LogP contribution in [0.4, 0.5) is 0 Å². The van der Waals surface area contributed by atoms with E-state index in [1.807, 2.05) is 6.92 Å². The molecule has 0 aliphatic rings. The molecule has 0 radical (unpaired) electrons. The molecule has 0 aromatic carbocycles. The van der Waals surface area contributed by atoms with Gasteiger partial charge in [-0.05, 0) is 12.8 Å². The van der Waals surface area contributed by atoms with E-state index in [4.69, 9.17) is 11.0 Å². The van der Waals surface area contributed by atoms with Crippen molar-refractivity contribution in [3.8, 4) is 6.07 Å². The number of nitrogens with two attached hydrogens (primary N) is 1. The summed E-state index contributed by atoms with van der Waals surface area (Å²) >= 11 is 0. The van der Waals surface area contributed by atoms with Crippen molar-refractivity contribution >= 4 is 9.84 Å². The summed E-state index contributed by atoms with van der Waals surface area (Å²) < 4.78 is 22.9. The first kappa shape index (κ1) is 12.4. The van der Waals surface area contributed by atoms with Crippen LogP contribution in [-0.4, -0.2) is 25.5 Å². The number of nitriles is 1. The van der Waals surface area contributed by atoms with Crippen LogP contribution in [0, 0.1) is 11.3 Å². The van der Waals surface area contributed by atoms with Crippen LogP contribution in [0.1, 0.15) is 26.7 Å². The molecule has 2 atom stereocenters. The molecule has 0 bridgehead atoms. The fourth-order valence-electron chi connectivity index (χ4n) is 0.958. The van der Waals surface area contributed by atoms with Crippen LogP contribution < -0.4 is 5.73 Å². The van der Waals surface area contributed by atoms with Gasteiger partial charge in [0, 0.05) is 6.04 Å². The van der Waals surface area contributed by atoms with Crippen LogP contribution >= 0.6 is 0 Å². The van der Waals surface area contributed by atoms with E-state index in [-0.39, 0.29) is 11.8 Å². The second kappa shape index (κ2) is 5.20. The second-order valence-corrected chi connectivity index (χ2v) is 5.25. The number of nitrogens with zero attached hydrogens (tertiary/aromatic N) is 1. The van der Waals surface area contributed by atoms with E-state index >= 15 is 0 Å². The van der Waals surface area contributed by atoms with Gasteiger partial charge in [-0.3, -0.25) is 0 Å². The highest BCUT2D eigenvalue weighted by Gasteiger charge is 2.25. The minimum atomic E-state index is -3.32. The van der Waals surface area contributed by atoms with Gasteiger partial charge in [-0.2, -0.15) is 5.26 Å². The predicted molar refractivity (Wildman–Crippen MR) is 51.7 cm³/mol. The van der Waals surface area contributed by atoms with Crippen molar-refractivity contribution in [3.05, 3.63) is 0 Å². The summed E-state index contributed by atoms with van der Waals surface area (Å²) in [5, 5.41) is 7.68. The van der Waals surface area contributed by atoms with Crippen molar-refractivity contribution in [2.45, 2.75) is 38.0 Å². The first-order chi connectivity index (χ1) is 5.97. The van der Waals surface area contributed by atoms with E-state index in [9.17, 15) is 8.42 Å². The van der Waals surface area contributed by atoms with E-state index in [0.717, 1.165) is 0 Å². The molecule has 0 aromatic rings. The summed E-state index contributed by atoms with van der Waals surface area (Å²) in [5.74, 6) is -0.0877. The van der Waals surface area contributed by atoms with Crippen LogP contribution in [0.2, 0.25) is 0 Å². The fraction of sp³-hybridized carbons (Fsp3) is 0.875. The molecule has 4 nitrogen and oxygen atoms in total. The fourth-order valence-corrected chi connectivity index (χ4v) is 2.69. The lowest BCUT2D eigenvalue weighted by molar-refractivity contribution is 0.575. The SMILES string of the molecule is CCC(N)CS(=O)(=O)C(C#N)CC. The van der Waals surface area contributed by atoms with Crippen molar-refractivity contribution in [2.75, 3.05) is 5.75 Å². The molecule has 0 saturated carbocycles. The normalized spacial score (nSPS) is 16.2. The molecule has 13 heavy (non-hydrogen) atoms. The summed E-state index contributed by atoms with van der Waals surface area (Å²) in [5.41, 5.74) is 5.52. The van der Waals surface area contributed by atoms with Crippen molar-refractivity contribution in [2.24, 2.45) is 5.73 Å². The number of sulfone groups is 1. The molecule has 0 aliphatic heterocycles. The molecule has 2 unspecified atom stereocenters. The minimum Gasteiger partial charge on any atom is -0.327 e. The molecular formula is C8H16N2O2S. The molecule has 76 valence electrons. The van der Waals surface area contributed by atoms with Crippen LogP contribution in [-0.2, 0) is 9.84 Å². The van der Waals surface area contributed by atoms with Gasteiger partial charge in [0.05, 0.1) is 11.8 Å². The molecule has 2 N–H and O–H groups in total. The molecule has 0 aromatic heterocycles. The van der Waals surface area contributed by atoms with E-state index in [1.54, 1.807) is 13.0 Å². The van der Waals surface area contributed by atoms with Crippen molar-refractivity contribution < 1.29 is 8.42 Å². The summed E-state index contributed by atoms with van der Waals surface area (Å²) in [7, 11) is -3.32. The van der Waals surface area contributed by atoms with Crippen molar-refractivity contribution in [1.82, 2.24) is 0 Å². The Morgan fingerprint density at radius 1 is 1.38 bits per heavy atom. The van der Waals surface area contributed by atoms with E-state index in [0.29, 0.717) is 12.8 Å². The standard InChI is InChI=1S/C8H16N2O2S/c1-3-7(10)6-13(11,12)8(4-2)5-9/h7-8H,3-4,6,10H2,1-2H3. The van der Waals surface area contributed by atoms with Gasteiger partial charge in [0.15, 0.2) is 9.84 Å². The largest absolute Gasteiger partial charge is 0.327 e. The third-order valence-electron chi connectivity index (χ3n) is 1.92. The zero-order valence-corrected chi connectivity index (χ0v) is 8.84. The monoisotopic (exact) mass is 204 g/mol. The van der Waals surface area contributed by atoms with E-state index in [2.05, 4.69) is 0 Å². The first-order valence-corrected chi connectivity index (χ1v) is 6.06. The Morgan fingerprint density at radius 2 is 1.92 bits per heavy atom. The van der Waals surface area contributed by atoms with Gasteiger partial charge in [0.25, 0.3) is 0 Å². The van der Waals surface area contributed by atoms with Crippen LogP contribution in [0.5, 0.6) is 0 Å². The van der Waals surface area contributed by atoms with Gasteiger partial charge in [0.2, 0.25) is 0 Å². The maximum absolute atomic E-state index is 11.5. The topological polar surface area (TPSA) is 84.0 Å². The third kappa shape index (κ3) is 3.75. The zero-order chi connectivity index (χ0) is 10.5. The van der Waals surface area contributed by atoms with Crippen molar-refractivity contribution in [3.63, 3.8) is 0 Å². The first-order valence-electron chi connectivity index (χ1n) is 4.34. The smallest absolute Gasteiger partial charge is 0.167 e. The lowest BCUT2D eigenvalue weighted by Crippen LogP contribution is -2.33.